The standard InChI is InChI=1S/C14H31N3O/c1-12(2)9-15-10-14(18)11-17-7-5-13(6-8-17)16(3)4/h12-15,18H,5-11H2,1-4H3. The van der Waals surface area contributed by atoms with Crippen LogP contribution in [0.4, 0.5) is 0 Å². The van der Waals surface area contributed by atoms with Crippen molar-refractivity contribution >= 4 is 0 Å². The molecule has 108 valence electrons. The number of aliphatic hydroxyl groups excluding tert-OH is 1. The van der Waals surface area contributed by atoms with Gasteiger partial charge in [-0.05, 0) is 52.5 Å². The third-order valence-electron chi connectivity index (χ3n) is 3.69. The first-order valence-electron chi connectivity index (χ1n) is 7.26. The Balaban J connectivity index is 2.12. The molecule has 1 aliphatic rings. The first-order chi connectivity index (χ1) is 8.49. The van der Waals surface area contributed by atoms with E-state index < -0.39 is 0 Å². The highest BCUT2D eigenvalue weighted by Crippen LogP contribution is 2.14. The Morgan fingerprint density at radius 2 is 1.83 bits per heavy atom. The normalized spacial score (nSPS) is 20.8. The molecule has 1 aliphatic heterocycles. The van der Waals surface area contributed by atoms with Crippen LogP contribution in [0.3, 0.4) is 0 Å². The summed E-state index contributed by atoms with van der Waals surface area (Å²) in [6.07, 6.45) is 2.21. The highest BCUT2D eigenvalue weighted by Gasteiger charge is 2.21. The number of piperidine rings is 1. The summed E-state index contributed by atoms with van der Waals surface area (Å²) in [5, 5.41) is 13.3. The molecule has 0 bridgehead atoms. The minimum atomic E-state index is -0.236. The smallest absolute Gasteiger partial charge is 0.0791 e. The molecule has 0 aromatic rings. The van der Waals surface area contributed by atoms with E-state index in [1.54, 1.807) is 0 Å². The van der Waals surface area contributed by atoms with Gasteiger partial charge in [-0.3, -0.25) is 0 Å². The number of likely N-dealkylation sites (tertiary alicyclic amines) is 1. The van der Waals surface area contributed by atoms with Gasteiger partial charge in [0.15, 0.2) is 0 Å². The van der Waals surface area contributed by atoms with Crippen LogP contribution in [0.1, 0.15) is 26.7 Å². The molecule has 0 aromatic carbocycles. The largest absolute Gasteiger partial charge is 0.390 e. The van der Waals surface area contributed by atoms with Crippen molar-refractivity contribution in [3.05, 3.63) is 0 Å². The Labute approximate surface area is 112 Å². The molecule has 18 heavy (non-hydrogen) atoms. The summed E-state index contributed by atoms with van der Waals surface area (Å²) >= 11 is 0. The maximum atomic E-state index is 9.97. The van der Waals surface area contributed by atoms with Crippen LogP contribution < -0.4 is 5.32 Å². The van der Waals surface area contributed by atoms with Crippen molar-refractivity contribution in [1.29, 1.82) is 0 Å². The van der Waals surface area contributed by atoms with E-state index in [4.69, 9.17) is 0 Å². The van der Waals surface area contributed by atoms with Crippen molar-refractivity contribution in [1.82, 2.24) is 15.1 Å². The fourth-order valence-electron chi connectivity index (χ4n) is 2.52. The summed E-state index contributed by atoms with van der Waals surface area (Å²) in [6.45, 7) is 9.11. The lowest BCUT2D eigenvalue weighted by Gasteiger charge is -2.36. The van der Waals surface area contributed by atoms with Gasteiger partial charge >= 0.3 is 0 Å². The highest BCUT2D eigenvalue weighted by molar-refractivity contribution is 4.78. The topological polar surface area (TPSA) is 38.7 Å². The Kier molecular flexibility index (Phi) is 7.15. The van der Waals surface area contributed by atoms with Gasteiger partial charge in [0.05, 0.1) is 6.10 Å². The molecule has 0 aromatic heterocycles. The summed E-state index contributed by atoms with van der Waals surface area (Å²) < 4.78 is 0. The maximum absolute atomic E-state index is 9.97. The van der Waals surface area contributed by atoms with Gasteiger partial charge in [-0.25, -0.2) is 0 Å². The van der Waals surface area contributed by atoms with Crippen LogP contribution in [0.15, 0.2) is 0 Å². The third-order valence-corrected chi connectivity index (χ3v) is 3.69. The van der Waals surface area contributed by atoms with Crippen LogP contribution in [0.5, 0.6) is 0 Å². The first-order valence-corrected chi connectivity index (χ1v) is 7.26. The van der Waals surface area contributed by atoms with Crippen molar-refractivity contribution in [2.75, 3.05) is 46.8 Å². The van der Waals surface area contributed by atoms with Gasteiger partial charge in [-0.1, -0.05) is 13.8 Å². The number of hydrogen-bond acceptors (Lipinski definition) is 4. The van der Waals surface area contributed by atoms with Gasteiger partial charge in [-0.2, -0.15) is 0 Å². The average Bonchev–Trinajstić information content (AvgIpc) is 2.29. The van der Waals surface area contributed by atoms with Crippen LogP contribution in [0, 0.1) is 5.92 Å². The van der Waals surface area contributed by atoms with Crippen LogP contribution in [0.2, 0.25) is 0 Å². The molecule has 1 fully saturated rings. The van der Waals surface area contributed by atoms with Gasteiger partial charge < -0.3 is 20.2 Å². The van der Waals surface area contributed by atoms with Crippen molar-refractivity contribution < 1.29 is 5.11 Å². The Morgan fingerprint density at radius 3 is 2.33 bits per heavy atom. The van der Waals surface area contributed by atoms with Crippen LogP contribution in [-0.2, 0) is 0 Å². The monoisotopic (exact) mass is 257 g/mol. The lowest BCUT2D eigenvalue weighted by atomic mass is 10.0. The lowest BCUT2D eigenvalue weighted by molar-refractivity contribution is 0.0793. The van der Waals surface area contributed by atoms with Crippen LogP contribution in [0.25, 0.3) is 0 Å². The molecule has 0 amide bonds. The summed E-state index contributed by atoms with van der Waals surface area (Å²) in [5.74, 6) is 0.646. The van der Waals surface area contributed by atoms with E-state index in [1.807, 2.05) is 0 Å². The van der Waals surface area contributed by atoms with Crippen molar-refractivity contribution in [2.24, 2.45) is 5.92 Å². The van der Waals surface area contributed by atoms with Crippen LogP contribution in [-0.4, -0.2) is 73.9 Å². The van der Waals surface area contributed by atoms with E-state index in [9.17, 15) is 5.11 Å². The zero-order chi connectivity index (χ0) is 13.5. The fraction of sp³-hybridized carbons (Fsp3) is 1.00. The van der Waals surface area contributed by atoms with Crippen LogP contribution >= 0.6 is 0 Å². The van der Waals surface area contributed by atoms with Gasteiger partial charge in [0.25, 0.3) is 0 Å². The van der Waals surface area contributed by atoms with Crippen molar-refractivity contribution in [3.63, 3.8) is 0 Å². The highest BCUT2D eigenvalue weighted by atomic mass is 16.3. The van der Waals surface area contributed by atoms with E-state index >= 15 is 0 Å². The molecule has 4 heteroatoms. The zero-order valence-electron chi connectivity index (χ0n) is 12.5. The predicted octanol–water partition coefficient (Wildman–Crippen LogP) is 0.619. The molecule has 1 unspecified atom stereocenters. The Hall–Kier alpha value is -0.160. The molecule has 0 spiro atoms. The molecule has 4 nitrogen and oxygen atoms in total. The van der Waals surface area contributed by atoms with E-state index in [1.165, 1.54) is 12.8 Å². The minimum Gasteiger partial charge on any atom is -0.390 e. The average molecular weight is 257 g/mol. The second-order valence-corrected chi connectivity index (χ2v) is 6.20. The molecule has 1 saturated heterocycles. The number of rotatable bonds is 7. The number of hydrogen-bond donors (Lipinski definition) is 2. The summed E-state index contributed by atoms with van der Waals surface area (Å²) in [4.78, 5) is 4.71. The first kappa shape index (κ1) is 15.9. The van der Waals surface area contributed by atoms with E-state index in [0.29, 0.717) is 12.5 Å². The van der Waals surface area contributed by atoms with Gasteiger partial charge in [0.1, 0.15) is 0 Å². The number of aliphatic hydroxyl groups is 1. The second kappa shape index (κ2) is 8.10. The fourth-order valence-corrected chi connectivity index (χ4v) is 2.52. The molecular weight excluding hydrogens is 226 g/mol. The maximum Gasteiger partial charge on any atom is 0.0791 e. The third kappa shape index (κ3) is 6.14. The summed E-state index contributed by atoms with van der Waals surface area (Å²) in [6, 6.07) is 0.720. The van der Waals surface area contributed by atoms with E-state index in [0.717, 1.165) is 32.2 Å². The van der Waals surface area contributed by atoms with E-state index in [-0.39, 0.29) is 6.10 Å². The molecule has 2 N–H and O–H groups in total. The Bertz CT molecular complexity index is 213. The molecule has 1 atom stereocenters. The lowest BCUT2D eigenvalue weighted by Crippen LogP contribution is -2.46. The number of nitrogens with zero attached hydrogens (tertiary/aromatic N) is 2. The summed E-state index contributed by atoms with van der Waals surface area (Å²) in [7, 11) is 4.32. The van der Waals surface area contributed by atoms with Crippen molar-refractivity contribution in [2.45, 2.75) is 38.8 Å². The molecule has 0 radical (unpaired) electrons. The van der Waals surface area contributed by atoms with Gasteiger partial charge in [0.2, 0.25) is 0 Å². The Morgan fingerprint density at radius 1 is 1.22 bits per heavy atom. The molecule has 0 saturated carbocycles. The minimum absolute atomic E-state index is 0.236. The molecule has 1 heterocycles. The SMILES string of the molecule is CC(C)CNCC(O)CN1CCC(N(C)C)CC1. The molecular formula is C14H31N3O. The molecule has 0 aliphatic carbocycles. The van der Waals surface area contributed by atoms with Crippen molar-refractivity contribution in [3.8, 4) is 0 Å². The van der Waals surface area contributed by atoms with E-state index in [2.05, 4.69) is 43.1 Å². The quantitative estimate of drug-likeness (QED) is 0.701. The summed E-state index contributed by atoms with van der Waals surface area (Å²) in [5.41, 5.74) is 0. The predicted molar refractivity (Wildman–Crippen MR) is 76.9 cm³/mol. The number of β-amino-alcohol motifs (C(OH)–C–C–N with tert-alkyl or cyclic N) is 1. The zero-order valence-corrected chi connectivity index (χ0v) is 12.5. The second-order valence-electron chi connectivity index (χ2n) is 6.20. The number of nitrogens with one attached hydrogen (secondary N) is 1. The van der Waals surface area contributed by atoms with Gasteiger partial charge in [0, 0.05) is 19.1 Å². The van der Waals surface area contributed by atoms with Gasteiger partial charge in [-0.15, -0.1) is 0 Å². The molecule has 1 rings (SSSR count).